The van der Waals surface area contributed by atoms with Crippen molar-refractivity contribution in [2.45, 2.75) is 64.8 Å². The van der Waals surface area contributed by atoms with Crippen LogP contribution >= 0.6 is 0 Å². The Hall–Kier alpha value is -2.34. The molecular formula is C23H33NO5. The highest BCUT2D eigenvalue weighted by Gasteiger charge is 2.48. The smallest absolute Gasteiger partial charge is 0.303 e. The Morgan fingerprint density at radius 2 is 1.83 bits per heavy atom. The molecule has 0 radical (unpaired) electrons. The number of aromatic hydroxyl groups is 1. The van der Waals surface area contributed by atoms with Gasteiger partial charge in [0.2, 0.25) is 0 Å². The molecule has 1 aromatic carbocycles. The van der Waals surface area contributed by atoms with E-state index in [2.05, 4.69) is 44.7 Å². The molecule has 0 unspecified atom stereocenters. The van der Waals surface area contributed by atoms with E-state index < -0.39 is 11.9 Å². The van der Waals surface area contributed by atoms with Crippen LogP contribution in [-0.2, 0) is 21.4 Å². The lowest BCUT2D eigenvalue weighted by Gasteiger charge is -2.54. The predicted molar refractivity (Wildman–Crippen MR) is 112 cm³/mol. The van der Waals surface area contributed by atoms with E-state index in [1.54, 1.807) is 0 Å². The van der Waals surface area contributed by atoms with Crippen LogP contribution in [0.25, 0.3) is 0 Å². The summed E-state index contributed by atoms with van der Waals surface area (Å²) in [5.41, 5.74) is 4.42. The normalized spacial score (nSPS) is 25.2. The third kappa shape index (κ3) is 5.60. The van der Waals surface area contributed by atoms with Gasteiger partial charge in [0.15, 0.2) is 0 Å². The van der Waals surface area contributed by atoms with Gasteiger partial charge in [0.1, 0.15) is 5.75 Å². The van der Waals surface area contributed by atoms with Gasteiger partial charge in [-0.15, -0.1) is 0 Å². The lowest BCUT2D eigenvalue weighted by Crippen LogP contribution is -2.57. The summed E-state index contributed by atoms with van der Waals surface area (Å²) >= 11 is 0. The highest BCUT2D eigenvalue weighted by atomic mass is 16.4. The van der Waals surface area contributed by atoms with Gasteiger partial charge < -0.3 is 15.3 Å². The van der Waals surface area contributed by atoms with Gasteiger partial charge >= 0.3 is 11.9 Å². The van der Waals surface area contributed by atoms with Gasteiger partial charge in [-0.1, -0.05) is 31.6 Å². The van der Waals surface area contributed by atoms with E-state index in [1.165, 1.54) is 23.1 Å². The highest BCUT2D eigenvalue weighted by Crippen LogP contribution is 2.49. The van der Waals surface area contributed by atoms with Crippen LogP contribution in [0.1, 0.15) is 58.1 Å². The molecule has 6 nitrogen and oxygen atoms in total. The first-order valence-corrected chi connectivity index (χ1v) is 10.2. The zero-order chi connectivity index (χ0) is 21.8. The fraction of sp³-hybridized carbons (Fsp3) is 0.565. The number of nitrogens with zero attached hydrogens (tertiary/aromatic N) is 1. The van der Waals surface area contributed by atoms with Crippen molar-refractivity contribution >= 4 is 11.9 Å². The molecule has 160 valence electrons. The second-order valence-corrected chi connectivity index (χ2v) is 8.63. The summed E-state index contributed by atoms with van der Waals surface area (Å²) in [7, 11) is 0. The van der Waals surface area contributed by atoms with Crippen LogP contribution in [0.2, 0.25) is 0 Å². The van der Waals surface area contributed by atoms with Crippen LogP contribution in [0.3, 0.4) is 0 Å². The van der Waals surface area contributed by atoms with Gasteiger partial charge in [-0.2, -0.15) is 0 Å². The Balaban J connectivity index is 0.000000321. The van der Waals surface area contributed by atoms with E-state index in [0.29, 0.717) is 17.7 Å². The Bertz CT molecular complexity index is 769. The van der Waals surface area contributed by atoms with Gasteiger partial charge in [0.05, 0.1) is 12.8 Å². The standard InChI is InChI=1S/C19H27NO.C4H6O4/c1-13(2)7-9-20-10-8-19(4)14(3)18(20)11-15-5-6-16(21)12-17(15)19;5-3(6)1-2-4(7)8/h5-7,12,14,18,21H,8-11H2,1-4H3;1-2H2,(H,5,6)(H,7,8)/t14-,18+,19+;/m1./s1. The lowest BCUT2D eigenvalue weighted by molar-refractivity contribution is -0.143. The van der Waals surface area contributed by atoms with Crippen LogP contribution in [0.15, 0.2) is 29.8 Å². The summed E-state index contributed by atoms with van der Waals surface area (Å²) in [6.45, 7) is 11.4. The summed E-state index contributed by atoms with van der Waals surface area (Å²) in [5, 5.41) is 25.7. The van der Waals surface area contributed by atoms with Crippen LogP contribution < -0.4 is 0 Å². The van der Waals surface area contributed by atoms with Crippen molar-refractivity contribution in [3.8, 4) is 5.75 Å². The number of carboxylic acids is 2. The first-order chi connectivity index (χ1) is 13.5. The van der Waals surface area contributed by atoms with Crippen LogP contribution in [0.5, 0.6) is 5.75 Å². The molecule has 0 amide bonds. The fourth-order valence-electron chi connectivity index (χ4n) is 4.44. The minimum atomic E-state index is -1.08. The second-order valence-electron chi connectivity index (χ2n) is 8.63. The molecule has 3 rings (SSSR count). The first-order valence-electron chi connectivity index (χ1n) is 10.2. The predicted octanol–water partition coefficient (Wildman–Crippen LogP) is 3.82. The second kappa shape index (κ2) is 9.44. The van der Waals surface area contributed by atoms with E-state index >= 15 is 0 Å². The monoisotopic (exact) mass is 403 g/mol. The van der Waals surface area contributed by atoms with Crippen LogP contribution in [0.4, 0.5) is 0 Å². The number of carbonyl (C=O) groups is 2. The van der Waals surface area contributed by atoms with Gasteiger partial charge in [0.25, 0.3) is 0 Å². The molecule has 2 aliphatic rings. The molecule has 1 aliphatic carbocycles. The van der Waals surface area contributed by atoms with E-state index in [1.807, 2.05) is 12.1 Å². The molecule has 0 aromatic heterocycles. The number of rotatable bonds is 5. The lowest BCUT2D eigenvalue weighted by atomic mass is 9.59. The summed E-state index contributed by atoms with van der Waals surface area (Å²) in [6.07, 6.45) is 4.05. The quantitative estimate of drug-likeness (QED) is 0.647. The first kappa shape index (κ1) is 22.9. The maximum absolute atomic E-state index is 9.87. The number of carboxylic acid groups (broad SMARTS) is 2. The zero-order valence-corrected chi connectivity index (χ0v) is 17.8. The van der Waals surface area contributed by atoms with E-state index in [9.17, 15) is 14.7 Å². The summed E-state index contributed by atoms with van der Waals surface area (Å²) in [5.74, 6) is -1.11. The molecule has 6 heteroatoms. The van der Waals surface area contributed by atoms with Crippen molar-refractivity contribution < 1.29 is 24.9 Å². The number of piperidine rings is 1. The Morgan fingerprint density at radius 1 is 1.21 bits per heavy atom. The number of benzene rings is 1. The van der Waals surface area contributed by atoms with Crippen molar-refractivity contribution in [2.75, 3.05) is 13.1 Å². The van der Waals surface area contributed by atoms with Crippen molar-refractivity contribution in [1.29, 1.82) is 0 Å². The number of phenolic OH excluding ortho intramolecular Hbond substituents is 1. The molecule has 1 fully saturated rings. The number of hydrogen-bond donors (Lipinski definition) is 3. The number of aliphatic carboxylic acids is 2. The number of allylic oxidation sites excluding steroid dienone is 1. The molecule has 1 saturated heterocycles. The average molecular weight is 404 g/mol. The molecule has 2 bridgehead atoms. The fourth-order valence-corrected chi connectivity index (χ4v) is 4.44. The third-order valence-corrected chi connectivity index (χ3v) is 6.39. The van der Waals surface area contributed by atoms with Crippen molar-refractivity contribution in [3.63, 3.8) is 0 Å². The molecule has 29 heavy (non-hydrogen) atoms. The Morgan fingerprint density at radius 3 is 2.38 bits per heavy atom. The zero-order valence-electron chi connectivity index (χ0n) is 17.8. The van der Waals surface area contributed by atoms with E-state index in [-0.39, 0.29) is 18.3 Å². The number of hydrogen-bond acceptors (Lipinski definition) is 4. The highest BCUT2D eigenvalue weighted by molar-refractivity contribution is 5.75. The third-order valence-electron chi connectivity index (χ3n) is 6.39. The SMILES string of the molecule is CC(C)=CCN1CC[C@]2(C)c3cc(O)ccc3C[C@H]1[C@H]2C.O=C(O)CCC(=O)O. The van der Waals surface area contributed by atoms with E-state index in [4.69, 9.17) is 10.2 Å². The van der Waals surface area contributed by atoms with Gasteiger partial charge in [-0.25, -0.2) is 0 Å². The van der Waals surface area contributed by atoms with Crippen molar-refractivity contribution in [3.05, 3.63) is 41.0 Å². The van der Waals surface area contributed by atoms with Crippen molar-refractivity contribution in [2.24, 2.45) is 5.92 Å². The molecule has 1 heterocycles. The summed E-state index contributed by atoms with van der Waals surface area (Å²) in [4.78, 5) is 21.9. The van der Waals surface area contributed by atoms with E-state index in [0.717, 1.165) is 19.5 Å². The largest absolute Gasteiger partial charge is 0.508 e. The van der Waals surface area contributed by atoms with Gasteiger partial charge in [0, 0.05) is 12.6 Å². The summed E-state index contributed by atoms with van der Waals surface area (Å²) in [6, 6.07) is 6.60. The van der Waals surface area contributed by atoms with Crippen LogP contribution in [-0.4, -0.2) is 51.3 Å². The summed E-state index contributed by atoms with van der Waals surface area (Å²) < 4.78 is 0. The maximum atomic E-state index is 9.87. The Labute approximate surface area is 172 Å². The van der Waals surface area contributed by atoms with Gasteiger partial charge in [-0.05, 0) is 67.8 Å². The minimum Gasteiger partial charge on any atom is -0.508 e. The minimum absolute atomic E-state index is 0.207. The molecule has 0 spiro atoms. The topological polar surface area (TPSA) is 98.1 Å². The molecular weight excluding hydrogens is 370 g/mol. The maximum Gasteiger partial charge on any atom is 0.303 e. The number of fused-ring (bicyclic) bond motifs is 4. The van der Waals surface area contributed by atoms with Gasteiger partial charge in [-0.3, -0.25) is 14.5 Å². The van der Waals surface area contributed by atoms with Crippen molar-refractivity contribution in [1.82, 2.24) is 4.90 Å². The van der Waals surface area contributed by atoms with Crippen LogP contribution in [0, 0.1) is 5.92 Å². The average Bonchev–Trinajstić information content (AvgIpc) is 2.63. The number of phenols is 1. The Kier molecular flexibility index (Phi) is 7.47. The molecule has 3 N–H and O–H groups in total. The molecule has 1 aliphatic heterocycles. The molecule has 0 saturated carbocycles. The molecule has 3 atom stereocenters. The molecule has 1 aromatic rings. The number of likely N-dealkylation sites (tertiary alicyclic amines) is 1.